The fraction of sp³-hybridized carbons (Fsp3) is 0.300. The highest BCUT2D eigenvalue weighted by Crippen LogP contribution is 2.21. The van der Waals surface area contributed by atoms with E-state index in [1.807, 2.05) is 6.07 Å². The summed E-state index contributed by atoms with van der Waals surface area (Å²) in [5.41, 5.74) is 2.96. The van der Waals surface area contributed by atoms with Crippen LogP contribution < -0.4 is 15.6 Å². The van der Waals surface area contributed by atoms with Crippen molar-refractivity contribution in [3.63, 3.8) is 0 Å². The van der Waals surface area contributed by atoms with Crippen LogP contribution in [0.5, 0.6) is 5.75 Å². The van der Waals surface area contributed by atoms with Crippen LogP contribution in [-0.4, -0.2) is 27.6 Å². The van der Waals surface area contributed by atoms with Gasteiger partial charge in [0.1, 0.15) is 18.6 Å². The summed E-state index contributed by atoms with van der Waals surface area (Å²) in [4.78, 5) is 34.0. The van der Waals surface area contributed by atoms with Crippen LogP contribution in [0, 0.1) is 0 Å². The smallest absolute Gasteiger partial charge is 0.263 e. The van der Waals surface area contributed by atoms with Crippen LogP contribution >= 0.6 is 0 Å². The van der Waals surface area contributed by atoms with Crippen LogP contribution in [-0.2, 0) is 24.2 Å². The first kappa shape index (κ1) is 17.2. The molecule has 0 atom stereocenters. The molecule has 1 amide bonds. The van der Waals surface area contributed by atoms with E-state index in [4.69, 9.17) is 4.74 Å². The molecule has 0 saturated heterocycles. The lowest BCUT2D eigenvalue weighted by molar-refractivity contribution is -0.116. The molecule has 1 aliphatic rings. The number of nitrogens with zero attached hydrogens (tertiary/aromatic N) is 3. The van der Waals surface area contributed by atoms with Gasteiger partial charge < -0.3 is 10.1 Å². The molecule has 7 heteroatoms. The van der Waals surface area contributed by atoms with Gasteiger partial charge in [0.25, 0.3) is 5.56 Å². The zero-order chi connectivity index (χ0) is 18.8. The van der Waals surface area contributed by atoms with Crippen molar-refractivity contribution in [2.24, 2.45) is 0 Å². The molecule has 0 spiro atoms. The molecule has 1 N–H and O–H groups in total. The molecule has 4 rings (SSSR count). The SMILES string of the molecule is COc1cccc(NC(=O)Cn2cnc3nc4c(cc3c2=O)CCCC4)c1. The maximum Gasteiger partial charge on any atom is 0.263 e. The number of pyridine rings is 1. The summed E-state index contributed by atoms with van der Waals surface area (Å²) >= 11 is 0. The van der Waals surface area contributed by atoms with E-state index in [0.717, 1.165) is 36.9 Å². The second-order valence-electron chi connectivity index (χ2n) is 6.63. The van der Waals surface area contributed by atoms with Crippen LogP contribution in [0.2, 0.25) is 0 Å². The van der Waals surface area contributed by atoms with Crippen LogP contribution in [0.15, 0.2) is 41.5 Å². The van der Waals surface area contributed by atoms with E-state index >= 15 is 0 Å². The second-order valence-corrected chi connectivity index (χ2v) is 6.63. The maximum atomic E-state index is 12.8. The monoisotopic (exact) mass is 364 g/mol. The minimum absolute atomic E-state index is 0.115. The molecule has 0 fully saturated rings. The lowest BCUT2D eigenvalue weighted by atomic mass is 9.95. The number of hydrogen-bond acceptors (Lipinski definition) is 5. The Kier molecular flexibility index (Phi) is 4.58. The van der Waals surface area contributed by atoms with Gasteiger partial charge in [0, 0.05) is 17.4 Å². The van der Waals surface area contributed by atoms with Gasteiger partial charge in [-0.05, 0) is 49.4 Å². The van der Waals surface area contributed by atoms with E-state index in [1.54, 1.807) is 31.4 Å². The molecular formula is C20H20N4O3. The predicted molar refractivity (Wildman–Crippen MR) is 102 cm³/mol. The van der Waals surface area contributed by atoms with Crippen LogP contribution in [0.4, 0.5) is 5.69 Å². The van der Waals surface area contributed by atoms with Gasteiger partial charge in [-0.25, -0.2) is 9.97 Å². The molecule has 138 valence electrons. The summed E-state index contributed by atoms with van der Waals surface area (Å²) in [6.07, 6.45) is 5.48. The number of rotatable bonds is 4. The number of fused-ring (bicyclic) bond motifs is 2. The highest BCUT2D eigenvalue weighted by atomic mass is 16.5. The number of benzene rings is 1. The van der Waals surface area contributed by atoms with Gasteiger partial charge in [0.15, 0.2) is 5.65 Å². The number of carbonyl (C=O) groups is 1. The van der Waals surface area contributed by atoms with Crippen LogP contribution in [0.1, 0.15) is 24.1 Å². The fourth-order valence-electron chi connectivity index (χ4n) is 3.38. The summed E-state index contributed by atoms with van der Waals surface area (Å²) in [6, 6.07) is 8.95. The Morgan fingerprint density at radius 1 is 1.26 bits per heavy atom. The number of ether oxygens (including phenoxy) is 1. The Labute approximate surface area is 156 Å². The Balaban J connectivity index is 1.59. The standard InChI is InChI=1S/C20H20N4O3/c1-27-15-7-4-6-14(10-15)22-18(25)11-24-12-21-19-16(20(24)26)9-13-5-2-3-8-17(13)23-19/h4,6-7,9-10,12H,2-3,5,8,11H2,1H3,(H,22,25). The van der Waals surface area contributed by atoms with E-state index in [2.05, 4.69) is 15.3 Å². The molecular weight excluding hydrogens is 344 g/mol. The summed E-state index contributed by atoms with van der Waals surface area (Å²) in [5, 5.41) is 3.23. The minimum Gasteiger partial charge on any atom is -0.497 e. The fourth-order valence-corrected chi connectivity index (χ4v) is 3.38. The summed E-state index contributed by atoms with van der Waals surface area (Å²) in [6.45, 7) is -0.115. The van der Waals surface area contributed by atoms with Gasteiger partial charge >= 0.3 is 0 Å². The van der Waals surface area contributed by atoms with Crippen molar-refractivity contribution in [1.82, 2.24) is 14.5 Å². The largest absolute Gasteiger partial charge is 0.497 e. The third kappa shape index (κ3) is 3.53. The topological polar surface area (TPSA) is 86.1 Å². The molecule has 27 heavy (non-hydrogen) atoms. The zero-order valence-electron chi connectivity index (χ0n) is 15.1. The third-order valence-corrected chi connectivity index (χ3v) is 4.76. The Hall–Kier alpha value is -3.22. The lowest BCUT2D eigenvalue weighted by Crippen LogP contribution is -2.28. The lowest BCUT2D eigenvalue weighted by Gasteiger charge is -2.15. The molecule has 0 bridgehead atoms. The van der Waals surface area contributed by atoms with Gasteiger partial charge in [-0.3, -0.25) is 14.2 Å². The first-order chi connectivity index (χ1) is 13.1. The molecule has 0 unspecified atom stereocenters. The molecule has 7 nitrogen and oxygen atoms in total. The highest BCUT2D eigenvalue weighted by Gasteiger charge is 2.15. The molecule has 0 saturated carbocycles. The van der Waals surface area contributed by atoms with Crippen molar-refractivity contribution in [2.75, 3.05) is 12.4 Å². The van der Waals surface area contributed by atoms with Crippen molar-refractivity contribution >= 4 is 22.6 Å². The Bertz CT molecular complexity index is 1070. The number of aryl methyl sites for hydroxylation is 2. The van der Waals surface area contributed by atoms with Crippen LogP contribution in [0.3, 0.4) is 0 Å². The molecule has 0 radical (unpaired) electrons. The van der Waals surface area contributed by atoms with Crippen molar-refractivity contribution in [3.05, 3.63) is 58.3 Å². The molecule has 1 aliphatic carbocycles. The predicted octanol–water partition coefficient (Wildman–Crippen LogP) is 2.32. The normalized spacial score (nSPS) is 13.2. The van der Waals surface area contributed by atoms with Crippen LogP contribution in [0.25, 0.3) is 11.0 Å². The Morgan fingerprint density at radius 2 is 2.11 bits per heavy atom. The molecule has 2 heterocycles. The molecule has 3 aromatic rings. The molecule has 2 aromatic heterocycles. The van der Waals surface area contributed by atoms with Crippen molar-refractivity contribution in [3.8, 4) is 5.75 Å². The first-order valence-electron chi connectivity index (χ1n) is 8.96. The van der Waals surface area contributed by atoms with E-state index in [1.165, 1.54) is 10.9 Å². The van der Waals surface area contributed by atoms with E-state index in [9.17, 15) is 9.59 Å². The average molecular weight is 364 g/mol. The van der Waals surface area contributed by atoms with Gasteiger partial charge in [-0.1, -0.05) is 6.07 Å². The zero-order valence-corrected chi connectivity index (χ0v) is 15.1. The summed E-state index contributed by atoms with van der Waals surface area (Å²) in [7, 11) is 1.56. The van der Waals surface area contributed by atoms with Crippen molar-refractivity contribution < 1.29 is 9.53 Å². The summed E-state index contributed by atoms with van der Waals surface area (Å²) < 4.78 is 6.46. The average Bonchev–Trinajstić information content (AvgIpc) is 2.69. The number of hydrogen-bond donors (Lipinski definition) is 1. The Morgan fingerprint density at radius 3 is 2.96 bits per heavy atom. The van der Waals surface area contributed by atoms with Gasteiger partial charge in [-0.15, -0.1) is 0 Å². The highest BCUT2D eigenvalue weighted by molar-refractivity contribution is 5.90. The second kappa shape index (κ2) is 7.19. The third-order valence-electron chi connectivity index (χ3n) is 4.76. The number of nitrogens with one attached hydrogen (secondary N) is 1. The molecule has 1 aromatic carbocycles. The van der Waals surface area contributed by atoms with E-state index in [0.29, 0.717) is 22.5 Å². The van der Waals surface area contributed by atoms with Gasteiger partial charge in [0.2, 0.25) is 5.91 Å². The van der Waals surface area contributed by atoms with E-state index < -0.39 is 0 Å². The number of carbonyl (C=O) groups excluding carboxylic acids is 1. The van der Waals surface area contributed by atoms with Gasteiger partial charge in [0.05, 0.1) is 12.5 Å². The number of methoxy groups -OCH3 is 1. The van der Waals surface area contributed by atoms with E-state index in [-0.39, 0.29) is 18.0 Å². The number of anilines is 1. The number of aromatic nitrogens is 3. The van der Waals surface area contributed by atoms with Gasteiger partial charge in [-0.2, -0.15) is 0 Å². The maximum absolute atomic E-state index is 12.8. The van der Waals surface area contributed by atoms with Crippen molar-refractivity contribution in [1.29, 1.82) is 0 Å². The minimum atomic E-state index is -0.308. The summed E-state index contributed by atoms with van der Waals surface area (Å²) in [5.74, 6) is 0.339. The van der Waals surface area contributed by atoms with Crippen molar-refractivity contribution in [2.45, 2.75) is 32.2 Å². The molecule has 0 aliphatic heterocycles. The number of amides is 1. The first-order valence-corrected chi connectivity index (χ1v) is 8.96. The quantitative estimate of drug-likeness (QED) is 0.768.